The molecule has 1 fully saturated rings. The number of rotatable bonds is 4. The van der Waals surface area contributed by atoms with Gasteiger partial charge in [0.1, 0.15) is 0 Å². The lowest BCUT2D eigenvalue weighted by molar-refractivity contribution is 0.0657. The summed E-state index contributed by atoms with van der Waals surface area (Å²) in [5.74, 6) is 0. The molecule has 0 bridgehead atoms. The van der Waals surface area contributed by atoms with Crippen LogP contribution in [0.3, 0.4) is 0 Å². The Morgan fingerprint density at radius 3 is 2.75 bits per heavy atom. The molecule has 1 aromatic rings. The summed E-state index contributed by atoms with van der Waals surface area (Å²) in [6.07, 6.45) is 3.53. The van der Waals surface area contributed by atoms with Gasteiger partial charge in [0.05, 0.1) is 0 Å². The van der Waals surface area contributed by atoms with Crippen LogP contribution in [0.4, 0.5) is 0 Å². The van der Waals surface area contributed by atoms with E-state index in [-0.39, 0.29) is 12.1 Å². The molecule has 2 unspecified atom stereocenters. The Labute approximate surface area is 128 Å². The van der Waals surface area contributed by atoms with Gasteiger partial charge in [0.2, 0.25) is 0 Å². The summed E-state index contributed by atoms with van der Waals surface area (Å²) in [4.78, 5) is 2.56. The van der Waals surface area contributed by atoms with Crippen molar-refractivity contribution in [2.24, 2.45) is 11.1 Å². The highest BCUT2D eigenvalue weighted by Crippen LogP contribution is 2.35. The predicted molar refractivity (Wildman–Crippen MR) is 87.0 cm³/mol. The molecule has 1 heterocycles. The van der Waals surface area contributed by atoms with Crippen molar-refractivity contribution in [3.05, 3.63) is 34.9 Å². The second kappa shape index (κ2) is 6.46. The fraction of sp³-hybridized carbons (Fsp3) is 0.647. The number of likely N-dealkylation sites (tertiary alicyclic amines) is 1. The third-order valence-electron chi connectivity index (χ3n) is 4.39. The number of nitrogens with zero attached hydrogens (tertiary/aromatic N) is 1. The fourth-order valence-corrected chi connectivity index (χ4v) is 3.55. The molecule has 0 aliphatic carbocycles. The van der Waals surface area contributed by atoms with Crippen LogP contribution in [0.25, 0.3) is 0 Å². The lowest BCUT2D eigenvalue weighted by atomic mass is 9.82. The summed E-state index contributed by atoms with van der Waals surface area (Å²) < 4.78 is 0. The second-order valence-electron chi connectivity index (χ2n) is 6.81. The molecule has 2 atom stereocenters. The summed E-state index contributed by atoms with van der Waals surface area (Å²) in [7, 11) is 0. The molecular formula is C17H27ClN2. The van der Waals surface area contributed by atoms with E-state index in [2.05, 4.69) is 37.8 Å². The molecule has 20 heavy (non-hydrogen) atoms. The molecule has 1 aromatic carbocycles. The van der Waals surface area contributed by atoms with Crippen molar-refractivity contribution in [2.75, 3.05) is 13.1 Å². The first-order chi connectivity index (χ1) is 9.43. The molecule has 0 spiro atoms. The average Bonchev–Trinajstić information content (AvgIpc) is 2.38. The van der Waals surface area contributed by atoms with Crippen molar-refractivity contribution < 1.29 is 0 Å². The molecule has 112 valence electrons. The molecule has 2 nitrogen and oxygen atoms in total. The summed E-state index contributed by atoms with van der Waals surface area (Å²) in [5.41, 5.74) is 8.07. The third-order valence-corrected chi connectivity index (χ3v) is 4.63. The minimum absolute atomic E-state index is 0.155. The van der Waals surface area contributed by atoms with Crippen LogP contribution in [-0.2, 0) is 0 Å². The maximum Gasteiger partial charge on any atom is 0.0499 e. The maximum atomic E-state index is 6.43. The van der Waals surface area contributed by atoms with E-state index in [9.17, 15) is 0 Å². The molecule has 1 aliphatic rings. The van der Waals surface area contributed by atoms with Gasteiger partial charge in [0, 0.05) is 23.7 Å². The molecule has 1 saturated heterocycles. The van der Waals surface area contributed by atoms with Gasteiger partial charge in [-0.1, -0.05) is 44.5 Å². The Morgan fingerprint density at radius 2 is 2.15 bits per heavy atom. The van der Waals surface area contributed by atoms with Gasteiger partial charge in [-0.15, -0.1) is 0 Å². The van der Waals surface area contributed by atoms with Crippen LogP contribution in [-0.4, -0.2) is 24.0 Å². The Balaban J connectivity index is 2.28. The minimum Gasteiger partial charge on any atom is -0.326 e. The van der Waals surface area contributed by atoms with Crippen LogP contribution in [0.15, 0.2) is 24.3 Å². The molecule has 1 aliphatic heterocycles. The molecule has 0 radical (unpaired) electrons. The first-order valence-corrected chi connectivity index (χ1v) is 8.06. The quantitative estimate of drug-likeness (QED) is 0.900. The standard InChI is InChI=1S/C17H27ClN2/c1-4-15(19)16(13-7-5-8-14(18)11-13)20-10-6-9-17(2,3)12-20/h5,7-8,11,15-16H,4,6,9-10,12,19H2,1-3H3. The molecular weight excluding hydrogens is 268 g/mol. The topological polar surface area (TPSA) is 29.3 Å². The van der Waals surface area contributed by atoms with Gasteiger partial charge in [0.25, 0.3) is 0 Å². The van der Waals surface area contributed by atoms with Crippen molar-refractivity contribution in [2.45, 2.75) is 52.1 Å². The minimum atomic E-state index is 0.155. The monoisotopic (exact) mass is 294 g/mol. The molecule has 2 N–H and O–H groups in total. The maximum absolute atomic E-state index is 6.43. The summed E-state index contributed by atoms with van der Waals surface area (Å²) in [5, 5.41) is 0.798. The zero-order valence-electron chi connectivity index (χ0n) is 12.9. The van der Waals surface area contributed by atoms with Gasteiger partial charge in [-0.2, -0.15) is 0 Å². The van der Waals surface area contributed by atoms with Gasteiger partial charge >= 0.3 is 0 Å². The van der Waals surface area contributed by atoms with E-state index in [1.54, 1.807) is 0 Å². The van der Waals surface area contributed by atoms with Gasteiger partial charge in [-0.3, -0.25) is 4.90 Å². The fourth-order valence-electron chi connectivity index (χ4n) is 3.35. The highest BCUT2D eigenvalue weighted by atomic mass is 35.5. The van der Waals surface area contributed by atoms with E-state index in [0.717, 1.165) is 24.5 Å². The summed E-state index contributed by atoms with van der Waals surface area (Å²) in [6, 6.07) is 8.62. The van der Waals surface area contributed by atoms with E-state index in [1.807, 2.05) is 12.1 Å². The molecule has 0 saturated carbocycles. The Kier molecular flexibility index (Phi) is 5.11. The van der Waals surface area contributed by atoms with E-state index in [4.69, 9.17) is 17.3 Å². The Hall–Kier alpha value is -0.570. The van der Waals surface area contributed by atoms with Crippen LogP contribution >= 0.6 is 11.6 Å². The number of benzene rings is 1. The van der Waals surface area contributed by atoms with Gasteiger partial charge in [-0.05, 0) is 48.9 Å². The molecule has 0 amide bonds. The van der Waals surface area contributed by atoms with Gasteiger partial charge in [0.15, 0.2) is 0 Å². The van der Waals surface area contributed by atoms with Crippen LogP contribution in [0.2, 0.25) is 5.02 Å². The predicted octanol–water partition coefficient (Wildman–Crippen LogP) is 4.24. The van der Waals surface area contributed by atoms with E-state index < -0.39 is 0 Å². The van der Waals surface area contributed by atoms with E-state index >= 15 is 0 Å². The molecule has 2 rings (SSSR count). The first-order valence-electron chi connectivity index (χ1n) is 7.68. The van der Waals surface area contributed by atoms with Crippen molar-refractivity contribution in [1.82, 2.24) is 4.90 Å². The Bertz CT molecular complexity index is 444. The summed E-state index contributed by atoms with van der Waals surface area (Å²) in [6.45, 7) is 9.11. The highest BCUT2D eigenvalue weighted by molar-refractivity contribution is 6.30. The highest BCUT2D eigenvalue weighted by Gasteiger charge is 2.33. The second-order valence-corrected chi connectivity index (χ2v) is 7.25. The zero-order valence-corrected chi connectivity index (χ0v) is 13.7. The molecule has 0 aromatic heterocycles. The lowest BCUT2D eigenvalue weighted by Gasteiger charge is -2.44. The lowest BCUT2D eigenvalue weighted by Crippen LogP contribution is -2.47. The average molecular weight is 295 g/mol. The van der Waals surface area contributed by atoms with Crippen LogP contribution in [0.1, 0.15) is 51.6 Å². The smallest absolute Gasteiger partial charge is 0.0499 e. The number of hydrogen-bond donors (Lipinski definition) is 1. The third kappa shape index (κ3) is 3.75. The summed E-state index contributed by atoms with van der Waals surface area (Å²) >= 11 is 6.17. The van der Waals surface area contributed by atoms with Gasteiger partial charge in [-0.25, -0.2) is 0 Å². The van der Waals surface area contributed by atoms with Crippen molar-refractivity contribution in [1.29, 1.82) is 0 Å². The van der Waals surface area contributed by atoms with Crippen molar-refractivity contribution >= 4 is 11.6 Å². The van der Waals surface area contributed by atoms with E-state index in [0.29, 0.717) is 5.41 Å². The SMILES string of the molecule is CCC(N)C(c1cccc(Cl)c1)N1CCCC(C)(C)C1. The van der Waals surface area contributed by atoms with Crippen LogP contribution < -0.4 is 5.73 Å². The number of hydrogen-bond acceptors (Lipinski definition) is 2. The van der Waals surface area contributed by atoms with Crippen molar-refractivity contribution in [3.8, 4) is 0 Å². The zero-order chi connectivity index (χ0) is 14.8. The largest absolute Gasteiger partial charge is 0.326 e. The normalized spacial score (nSPS) is 22.4. The van der Waals surface area contributed by atoms with E-state index in [1.165, 1.54) is 18.4 Å². The number of nitrogens with two attached hydrogens (primary N) is 1. The number of piperidine rings is 1. The Morgan fingerprint density at radius 1 is 1.40 bits per heavy atom. The first kappa shape index (κ1) is 15.8. The van der Waals surface area contributed by atoms with Crippen molar-refractivity contribution in [3.63, 3.8) is 0 Å². The van der Waals surface area contributed by atoms with Crippen LogP contribution in [0.5, 0.6) is 0 Å². The van der Waals surface area contributed by atoms with Crippen LogP contribution in [0, 0.1) is 5.41 Å². The molecule has 3 heteroatoms. The number of halogens is 1. The van der Waals surface area contributed by atoms with Gasteiger partial charge < -0.3 is 5.73 Å².